The molecular formula is C18H25FN4O2S. The Labute approximate surface area is 157 Å². The third-order valence-electron chi connectivity index (χ3n) is 3.94. The van der Waals surface area contributed by atoms with Crippen LogP contribution in [0, 0.1) is 11.7 Å². The van der Waals surface area contributed by atoms with Gasteiger partial charge >= 0.3 is 0 Å². The number of aromatic nitrogens is 3. The predicted octanol–water partition coefficient (Wildman–Crippen LogP) is 3.08. The second kappa shape index (κ2) is 9.23. The Morgan fingerprint density at radius 2 is 1.92 bits per heavy atom. The Morgan fingerprint density at radius 1 is 1.19 bits per heavy atom. The van der Waals surface area contributed by atoms with Crippen LogP contribution >= 0.6 is 11.8 Å². The smallest absolute Gasteiger partial charge is 0.228 e. The fraction of sp³-hybridized carbons (Fsp3) is 0.556. The maximum absolute atomic E-state index is 12.9. The maximum atomic E-state index is 12.9. The van der Waals surface area contributed by atoms with Crippen molar-refractivity contribution in [1.82, 2.24) is 14.8 Å². The number of ether oxygens (including phenoxy) is 2. The summed E-state index contributed by atoms with van der Waals surface area (Å²) in [6.07, 6.45) is 0. The zero-order valence-electron chi connectivity index (χ0n) is 15.2. The monoisotopic (exact) mass is 380 g/mol. The van der Waals surface area contributed by atoms with Crippen molar-refractivity contribution < 1.29 is 13.9 Å². The van der Waals surface area contributed by atoms with Crippen LogP contribution in [-0.2, 0) is 11.3 Å². The molecule has 0 spiro atoms. The van der Waals surface area contributed by atoms with Crippen LogP contribution in [0.3, 0.4) is 0 Å². The van der Waals surface area contributed by atoms with Crippen molar-refractivity contribution >= 4 is 17.7 Å². The van der Waals surface area contributed by atoms with Gasteiger partial charge in [-0.15, -0.1) is 10.2 Å². The minimum Gasteiger partial charge on any atom is -0.493 e. The van der Waals surface area contributed by atoms with Crippen molar-refractivity contribution in [3.63, 3.8) is 0 Å². The standard InChI is InChI=1S/C18H25FN4O2S/c1-14(2)13-23-17(22-7-9-24-10-8-22)20-21-18(23)26-12-11-25-16-5-3-15(19)4-6-16/h3-6,14H,7-13H2,1-2H3. The molecule has 1 aromatic heterocycles. The highest BCUT2D eigenvalue weighted by molar-refractivity contribution is 7.99. The lowest BCUT2D eigenvalue weighted by molar-refractivity contribution is 0.121. The summed E-state index contributed by atoms with van der Waals surface area (Å²) in [5.41, 5.74) is 0. The fourth-order valence-electron chi connectivity index (χ4n) is 2.73. The molecule has 0 unspecified atom stereocenters. The van der Waals surface area contributed by atoms with Gasteiger partial charge in [-0.1, -0.05) is 25.6 Å². The van der Waals surface area contributed by atoms with Crippen molar-refractivity contribution in [2.45, 2.75) is 25.5 Å². The summed E-state index contributed by atoms with van der Waals surface area (Å²) in [7, 11) is 0. The SMILES string of the molecule is CC(C)Cn1c(SCCOc2ccc(F)cc2)nnc1N1CCOCC1. The molecule has 6 nitrogen and oxygen atoms in total. The average Bonchev–Trinajstić information content (AvgIpc) is 3.03. The van der Waals surface area contributed by atoms with Crippen LogP contribution in [0.2, 0.25) is 0 Å². The van der Waals surface area contributed by atoms with E-state index in [9.17, 15) is 4.39 Å². The zero-order chi connectivity index (χ0) is 18.4. The van der Waals surface area contributed by atoms with Crippen molar-refractivity contribution in [3.8, 4) is 5.75 Å². The van der Waals surface area contributed by atoms with Crippen molar-refractivity contribution in [2.24, 2.45) is 5.92 Å². The number of benzene rings is 1. The number of halogens is 1. The van der Waals surface area contributed by atoms with E-state index < -0.39 is 0 Å². The van der Waals surface area contributed by atoms with Crippen molar-refractivity contribution in [3.05, 3.63) is 30.1 Å². The van der Waals surface area contributed by atoms with Gasteiger partial charge in [0.05, 0.1) is 19.8 Å². The van der Waals surface area contributed by atoms with E-state index in [1.807, 2.05) is 0 Å². The molecule has 142 valence electrons. The largest absolute Gasteiger partial charge is 0.493 e. The van der Waals surface area contributed by atoms with Crippen LogP contribution in [0.25, 0.3) is 0 Å². The normalized spacial score (nSPS) is 14.8. The van der Waals surface area contributed by atoms with Gasteiger partial charge in [0.1, 0.15) is 11.6 Å². The number of rotatable bonds is 8. The summed E-state index contributed by atoms with van der Waals surface area (Å²) in [4.78, 5) is 2.23. The first-order valence-corrected chi connectivity index (χ1v) is 9.89. The van der Waals surface area contributed by atoms with E-state index in [2.05, 4.69) is 33.5 Å². The quantitative estimate of drug-likeness (QED) is 0.518. The number of morpholine rings is 1. The topological polar surface area (TPSA) is 52.4 Å². The van der Waals surface area contributed by atoms with Crippen LogP contribution in [0.1, 0.15) is 13.8 Å². The Balaban J connectivity index is 1.59. The highest BCUT2D eigenvalue weighted by Gasteiger charge is 2.21. The maximum Gasteiger partial charge on any atom is 0.228 e. The molecule has 2 aromatic rings. The van der Waals surface area contributed by atoms with Gasteiger partial charge in [0.2, 0.25) is 5.95 Å². The number of anilines is 1. The van der Waals surface area contributed by atoms with Gasteiger partial charge in [0, 0.05) is 25.4 Å². The van der Waals surface area contributed by atoms with Crippen LogP contribution in [0.4, 0.5) is 10.3 Å². The van der Waals surface area contributed by atoms with Gasteiger partial charge < -0.3 is 14.4 Å². The molecule has 1 aliphatic heterocycles. The van der Waals surface area contributed by atoms with Gasteiger partial charge in [0.15, 0.2) is 5.16 Å². The van der Waals surface area contributed by atoms with Crippen molar-refractivity contribution in [1.29, 1.82) is 0 Å². The Kier molecular flexibility index (Phi) is 6.73. The van der Waals surface area contributed by atoms with Gasteiger partial charge in [-0.3, -0.25) is 4.57 Å². The molecule has 26 heavy (non-hydrogen) atoms. The Morgan fingerprint density at radius 3 is 2.62 bits per heavy atom. The van der Waals surface area contributed by atoms with E-state index in [4.69, 9.17) is 9.47 Å². The molecule has 1 saturated heterocycles. The highest BCUT2D eigenvalue weighted by atomic mass is 32.2. The second-order valence-electron chi connectivity index (χ2n) is 6.54. The lowest BCUT2D eigenvalue weighted by atomic mass is 10.2. The van der Waals surface area contributed by atoms with E-state index in [0.717, 1.165) is 49.7 Å². The molecule has 3 rings (SSSR count). The summed E-state index contributed by atoms with van der Waals surface area (Å²) < 4.78 is 26.2. The third kappa shape index (κ3) is 5.11. The first kappa shape index (κ1) is 19.0. The van der Waals surface area contributed by atoms with E-state index in [-0.39, 0.29) is 5.82 Å². The van der Waals surface area contributed by atoms with Crippen LogP contribution in [0.15, 0.2) is 29.4 Å². The molecule has 0 bridgehead atoms. The molecule has 1 fully saturated rings. The molecule has 0 aliphatic carbocycles. The van der Waals surface area contributed by atoms with Gasteiger partial charge in [0.25, 0.3) is 0 Å². The minimum atomic E-state index is -0.260. The average molecular weight is 380 g/mol. The lowest BCUT2D eigenvalue weighted by Gasteiger charge is -2.28. The Hall–Kier alpha value is -1.80. The zero-order valence-corrected chi connectivity index (χ0v) is 16.0. The second-order valence-corrected chi connectivity index (χ2v) is 7.60. The lowest BCUT2D eigenvalue weighted by Crippen LogP contribution is -2.38. The molecular weight excluding hydrogens is 355 g/mol. The number of nitrogens with zero attached hydrogens (tertiary/aromatic N) is 4. The molecule has 8 heteroatoms. The number of thioether (sulfide) groups is 1. The molecule has 0 amide bonds. The van der Waals surface area contributed by atoms with Crippen LogP contribution in [-0.4, -0.2) is 53.4 Å². The van der Waals surface area contributed by atoms with E-state index >= 15 is 0 Å². The third-order valence-corrected chi connectivity index (χ3v) is 4.87. The van der Waals surface area contributed by atoms with Gasteiger partial charge in [-0.2, -0.15) is 0 Å². The van der Waals surface area contributed by atoms with Gasteiger partial charge in [-0.05, 0) is 30.2 Å². The van der Waals surface area contributed by atoms with Gasteiger partial charge in [-0.25, -0.2) is 4.39 Å². The highest BCUT2D eigenvalue weighted by Crippen LogP contribution is 2.24. The van der Waals surface area contributed by atoms with E-state index in [0.29, 0.717) is 18.3 Å². The molecule has 1 aromatic carbocycles. The summed E-state index contributed by atoms with van der Waals surface area (Å²) in [6, 6.07) is 6.07. The summed E-state index contributed by atoms with van der Waals surface area (Å²) in [6.45, 7) is 8.91. The molecule has 1 aliphatic rings. The first-order valence-electron chi connectivity index (χ1n) is 8.90. The molecule has 0 N–H and O–H groups in total. The minimum absolute atomic E-state index is 0.260. The van der Waals surface area contributed by atoms with Crippen molar-refractivity contribution in [2.75, 3.05) is 43.6 Å². The number of hydrogen-bond donors (Lipinski definition) is 0. The molecule has 0 radical (unpaired) electrons. The summed E-state index contributed by atoms with van der Waals surface area (Å²) in [5, 5.41) is 9.71. The summed E-state index contributed by atoms with van der Waals surface area (Å²) >= 11 is 1.63. The predicted molar refractivity (Wildman–Crippen MR) is 101 cm³/mol. The number of hydrogen-bond acceptors (Lipinski definition) is 6. The first-order chi connectivity index (χ1) is 12.6. The molecule has 2 heterocycles. The molecule has 0 saturated carbocycles. The Bertz CT molecular complexity index is 687. The summed E-state index contributed by atoms with van der Waals surface area (Å²) in [5.74, 6) is 2.58. The van der Waals surface area contributed by atoms with Crippen LogP contribution < -0.4 is 9.64 Å². The molecule has 0 atom stereocenters. The van der Waals surface area contributed by atoms with Crippen LogP contribution in [0.5, 0.6) is 5.75 Å². The van der Waals surface area contributed by atoms with E-state index in [1.165, 1.54) is 12.1 Å². The fourth-order valence-corrected chi connectivity index (χ4v) is 3.49. The van der Waals surface area contributed by atoms with E-state index in [1.54, 1.807) is 23.9 Å².